The third-order valence-electron chi connectivity index (χ3n) is 10.5. The van der Waals surface area contributed by atoms with Gasteiger partial charge in [0.1, 0.15) is 11.5 Å². The monoisotopic (exact) mass is 638 g/mol. The highest BCUT2D eigenvalue weighted by Crippen LogP contribution is 2.55. The van der Waals surface area contributed by atoms with Crippen LogP contribution in [0.5, 0.6) is 11.5 Å². The molecule has 0 N–H and O–H groups in total. The standard InChI is InChI=1S/C46H26N2O2/c1-49-30-18-29-19-31(50-2)21-38-40(29)37(20-30)45-41(27-14-10-25(23-47)11-15-27)39-22-36-33-7-4-3-6-32(33)34-8-5-9-35(43(34)36)44(39)42(46(38)45)28-16-12-26(24-48)13-17-28/h3-22H,1-2H3. The van der Waals surface area contributed by atoms with E-state index in [1.807, 2.05) is 24.3 Å². The lowest BCUT2D eigenvalue weighted by Gasteiger charge is -2.19. The van der Waals surface area contributed by atoms with Crippen molar-refractivity contribution in [3.63, 3.8) is 0 Å². The first-order chi connectivity index (χ1) is 24.6. The molecule has 0 heterocycles. The van der Waals surface area contributed by atoms with Crippen molar-refractivity contribution in [2.24, 2.45) is 0 Å². The Labute approximate surface area is 287 Å². The van der Waals surface area contributed by atoms with Crippen molar-refractivity contribution < 1.29 is 9.47 Å². The molecule has 10 aromatic rings. The summed E-state index contributed by atoms with van der Waals surface area (Å²) in [6, 6.07) is 46.7. The molecule has 0 atom stereocenters. The van der Waals surface area contributed by atoms with Crippen LogP contribution in [0.25, 0.3) is 97.7 Å². The van der Waals surface area contributed by atoms with Gasteiger partial charge in [-0.1, -0.05) is 66.7 Å². The SMILES string of the molecule is COc1cc2cc(OC)cc3c4c(-c5ccc(C#N)cc5)c5c(cc6c7ccccc7c7cccc5c76)c(-c5ccc(C#N)cc5)c4c(c1)c23. The molecule has 0 spiro atoms. The summed E-state index contributed by atoms with van der Waals surface area (Å²) in [5.74, 6) is 1.53. The van der Waals surface area contributed by atoms with Crippen LogP contribution in [0, 0.1) is 22.7 Å². The normalized spacial score (nSPS) is 11.8. The Balaban J connectivity index is 1.57. The van der Waals surface area contributed by atoms with Gasteiger partial charge in [-0.2, -0.15) is 10.5 Å². The summed E-state index contributed by atoms with van der Waals surface area (Å²) in [7, 11) is 3.41. The average molecular weight is 639 g/mol. The molecule has 0 radical (unpaired) electrons. The molecule has 0 amide bonds. The van der Waals surface area contributed by atoms with Crippen molar-refractivity contribution in [1.29, 1.82) is 10.5 Å². The fourth-order valence-electron chi connectivity index (χ4n) is 8.49. The molecule has 4 heteroatoms. The second-order valence-electron chi connectivity index (χ2n) is 12.9. The number of hydrogen-bond acceptors (Lipinski definition) is 4. The van der Waals surface area contributed by atoms with E-state index < -0.39 is 0 Å². The fraction of sp³-hybridized carbons (Fsp3) is 0.0435. The van der Waals surface area contributed by atoms with Crippen LogP contribution >= 0.6 is 0 Å². The topological polar surface area (TPSA) is 66.0 Å². The van der Waals surface area contributed by atoms with Crippen LogP contribution in [0.4, 0.5) is 0 Å². The molecule has 0 saturated heterocycles. The van der Waals surface area contributed by atoms with E-state index in [2.05, 4.69) is 109 Å². The average Bonchev–Trinajstić information content (AvgIpc) is 3.67. The predicted molar refractivity (Wildman–Crippen MR) is 205 cm³/mol. The number of nitrogens with zero attached hydrogens (tertiary/aromatic N) is 2. The Morgan fingerprint density at radius 2 is 0.920 bits per heavy atom. The molecular weight excluding hydrogens is 613 g/mol. The van der Waals surface area contributed by atoms with E-state index in [0.29, 0.717) is 11.1 Å². The van der Waals surface area contributed by atoms with Crippen LogP contribution in [0.15, 0.2) is 121 Å². The van der Waals surface area contributed by atoms with Crippen molar-refractivity contribution >= 4 is 75.4 Å². The van der Waals surface area contributed by atoms with E-state index in [1.165, 1.54) is 32.3 Å². The molecule has 10 rings (SSSR count). The van der Waals surface area contributed by atoms with Crippen molar-refractivity contribution in [3.05, 3.63) is 132 Å². The van der Waals surface area contributed by atoms with Crippen molar-refractivity contribution in [1.82, 2.24) is 0 Å². The molecule has 0 saturated carbocycles. The lowest BCUT2D eigenvalue weighted by atomic mass is 9.83. The zero-order chi connectivity index (χ0) is 33.7. The van der Waals surface area contributed by atoms with E-state index in [0.717, 1.165) is 76.8 Å². The second kappa shape index (κ2) is 10.3. The summed E-state index contributed by atoms with van der Waals surface area (Å²) >= 11 is 0. The highest BCUT2D eigenvalue weighted by molar-refractivity contribution is 6.45. The Kier molecular flexibility index (Phi) is 5.81. The minimum absolute atomic E-state index is 0.614. The number of nitriles is 2. The first kappa shape index (κ1) is 28.2. The highest BCUT2D eigenvalue weighted by Gasteiger charge is 2.27. The van der Waals surface area contributed by atoms with Gasteiger partial charge in [0.05, 0.1) is 37.5 Å². The Bertz CT molecular complexity index is 3100. The lowest BCUT2D eigenvalue weighted by molar-refractivity contribution is 0.414. The van der Waals surface area contributed by atoms with Crippen LogP contribution in [-0.4, -0.2) is 14.2 Å². The maximum absolute atomic E-state index is 9.75. The number of ether oxygens (including phenoxy) is 2. The van der Waals surface area contributed by atoms with E-state index >= 15 is 0 Å². The highest BCUT2D eigenvalue weighted by atomic mass is 16.5. The molecule has 0 aromatic heterocycles. The van der Waals surface area contributed by atoms with Crippen LogP contribution in [0.2, 0.25) is 0 Å². The Morgan fingerprint density at radius 3 is 1.50 bits per heavy atom. The number of rotatable bonds is 4. The molecule has 0 bridgehead atoms. The third-order valence-corrected chi connectivity index (χ3v) is 10.5. The van der Waals surface area contributed by atoms with Gasteiger partial charge in [0.15, 0.2) is 0 Å². The summed E-state index contributed by atoms with van der Waals surface area (Å²) in [6.07, 6.45) is 0. The zero-order valence-electron chi connectivity index (χ0n) is 27.3. The van der Waals surface area contributed by atoms with Gasteiger partial charge >= 0.3 is 0 Å². The van der Waals surface area contributed by atoms with Crippen LogP contribution in [0.3, 0.4) is 0 Å². The van der Waals surface area contributed by atoms with Gasteiger partial charge < -0.3 is 9.47 Å². The first-order valence-corrected chi connectivity index (χ1v) is 16.5. The maximum atomic E-state index is 9.75. The molecular formula is C46H26N2O2. The van der Waals surface area contributed by atoms with Crippen molar-refractivity contribution in [3.8, 4) is 45.9 Å². The summed E-state index contributed by atoms with van der Waals surface area (Å²) in [5, 5.41) is 35.7. The number of hydrogen-bond donors (Lipinski definition) is 0. The van der Waals surface area contributed by atoms with E-state index in [1.54, 1.807) is 14.2 Å². The van der Waals surface area contributed by atoms with E-state index in [-0.39, 0.29) is 0 Å². The number of benzene rings is 8. The zero-order valence-corrected chi connectivity index (χ0v) is 27.3. The Hall–Kier alpha value is -6.88. The molecule has 50 heavy (non-hydrogen) atoms. The fourth-order valence-corrected chi connectivity index (χ4v) is 8.49. The van der Waals surface area contributed by atoms with Gasteiger partial charge in [0.25, 0.3) is 0 Å². The lowest BCUT2D eigenvalue weighted by Crippen LogP contribution is -1.92. The Morgan fingerprint density at radius 1 is 0.400 bits per heavy atom. The second-order valence-corrected chi connectivity index (χ2v) is 12.9. The molecule has 4 nitrogen and oxygen atoms in total. The van der Waals surface area contributed by atoms with Crippen LogP contribution in [-0.2, 0) is 0 Å². The molecule has 0 aliphatic carbocycles. The third kappa shape index (κ3) is 3.68. The van der Waals surface area contributed by atoms with Gasteiger partial charge in [-0.3, -0.25) is 0 Å². The maximum Gasteiger partial charge on any atom is 0.120 e. The van der Waals surface area contributed by atoms with E-state index in [4.69, 9.17) is 9.47 Å². The summed E-state index contributed by atoms with van der Waals surface area (Å²) < 4.78 is 11.8. The summed E-state index contributed by atoms with van der Waals surface area (Å²) in [5.41, 5.74) is 5.51. The van der Waals surface area contributed by atoms with Crippen molar-refractivity contribution in [2.45, 2.75) is 0 Å². The molecule has 0 fully saturated rings. The summed E-state index contributed by atoms with van der Waals surface area (Å²) in [6.45, 7) is 0. The van der Waals surface area contributed by atoms with Gasteiger partial charge in [-0.25, -0.2) is 0 Å². The van der Waals surface area contributed by atoms with Gasteiger partial charge in [0.2, 0.25) is 0 Å². The predicted octanol–water partition coefficient (Wildman–Crippen LogP) is 11.7. The molecule has 0 aliphatic rings. The number of fused-ring (bicyclic) bond motifs is 8. The molecule has 232 valence electrons. The first-order valence-electron chi connectivity index (χ1n) is 16.5. The quantitative estimate of drug-likeness (QED) is 0.180. The van der Waals surface area contributed by atoms with Gasteiger partial charge in [0, 0.05) is 0 Å². The van der Waals surface area contributed by atoms with Crippen LogP contribution in [0.1, 0.15) is 11.1 Å². The van der Waals surface area contributed by atoms with E-state index in [9.17, 15) is 10.5 Å². The smallest absolute Gasteiger partial charge is 0.120 e. The van der Waals surface area contributed by atoms with Gasteiger partial charge in [-0.05, 0) is 152 Å². The minimum atomic E-state index is 0.614. The number of methoxy groups -OCH3 is 2. The van der Waals surface area contributed by atoms with Crippen LogP contribution < -0.4 is 9.47 Å². The van der Waals surface area contributed by atoms with Crippen molar-refractivity contribution in [2.75, 3.05) is 14.2 Å². The largest absolute Gasteiger partial charge is 0.497 e. The molecule has 0 unspecified atom stereocenters. The molecule has 10 aromatic carbocycles. The molecule has 0 aliphatic heterocycles. The minimum Gasteiger partial charge on any atom is -0.497 e. The van der Waals surface area contributed by atoms with Gasteiger partial charge in [-0.15, -0.1) is 0 Å². The summed E-state index contributed by atoms with van der Waals surface area (Å²) in [4.78, 5) is 0.